The molecule has 0 N–H and O–H groups in total. The Labute approximate surface area is 88.6 Å². The average Bonchev–Trinajstić information content (AvgIpc) is 2.30. The van der Waals surface area contributed by atoms with Gasteiger partial charge < -0.3 is 4.74 Å². The molecule has 2 heteroatoms. The van der Waals surface area contributed by atoms with Crippen LogP contribution < -0.4 is 0 Å². The Hall–Kier alpha value is -1.41. The summed E-state index contributed by atoms with van der Waals surface area (Å²) >= 11 is 0. The molecule has 3 rings (SSSR count). The van der Waals surface area contributed by atoms with Crippen molar-refractivity contribution in [3.8, 4) is 0 Å². The van der Waals surface area contributed by atoms with E-state index in [1.807, 2.05) is 24.3 Å². The standard InChI is InChI=1S/C13H12O2/c14-13-7-9-5-6-15-8-12(9)10-3-1-2-4-11(10)13/h1-4H,5-8H2. The minimum atomic E-state index is 0.256. The lowest BCUT2D eigenvalue weighted by Crippen LogP contribution is -2.19. The van der Waals surface area contributed by atoms with E-state index in [9.17, 15) is 4.79 Å². The van der Waals surface area contributed by atoms with E-state index in [-0.39, 0.29) is 5.78 Å². The Morgan fingerprint density at radius 2 is 1.93 bits per heavy atom. The maximum absolute atomic E-state index is 11.9. The second kappa shape index (κ2) is 3.31. The van der Waals surface area contributed by atoms with Gasteiger partial charge in [-0.15, -0.1) is 0 Å². The summed E-state index contributed by atoms with van der Waals surface area (Å²) in [5, 5.41) is 0. The van der Waals surface area contributed by atoms with Gasteiger partial charge in [0.05, 0.1) is 13.2 Å². The van der Waals surface area contributed by atoms with Crippen LogP contribution in [0.5, 0.6) is 0 Å². The van der Waals surface area contributed by atoms with Gasteiger partial charge in [-0.05, 0) is 17.6 Å². The SMILES string of the molecule is O=C1CC2=C(COCC2)c2ccccc21. The third-order valence-corrected chi connectivity index (χ3v) is 3.15. The Morgan fingerprint density at radius 1 is 1.13 bits per heavy atom. The lowest BCUT2D eigenvalue weighted by molar-refractivity contribution is 0.0981. The number of fused-ring (bicyclic) bond motifs is 2. The number of ketones is 1. The summed E-state index contributed by atoms with van der Waals surface area (Å²) in [5.41, 5.74) is 4.48. The first-order valence-corrected chi connectivity index (χ1v) is 5.27. The van der Waals surface area contributed by atoms with E-state index < -0.39 is 0 Å². The van der Waals surface area contributed by atoms with Crippen molar-refractivity contribution in [3.63, 3.8) is 0 Å². The second-order valence-corrected chi connectivity index (χ2v) is 4.03. The molecular formula is C13H12O2. The topological polar surface area (TPSA) is 26.3 Å². The van der Waals surface area contributed by atoms with Crippen LogP contribution in [0.2, 0.25) is 0 Å². The second-order valence-electron chi connectivity index (χ2n) is 4.03. The fourth-order valence-corrected chi connectivity index (χ4v) is 2.36. The molecule has 15 heavy (non-hydrogen) atoms. The van der Waals surface area contributed by atoms with Crippen LogP contribution in [0.1, 0.15) is 28.8 Å². The van der Waals surface area contributed by atoms with Crippen molar-refractivity contribution in [1.82, 2.24) is 0 Å². The Kier molecular flexibility index (Phi) is 1.96. The number of hydrogen-bond donors (Lipinski definition) is 0. The fourth-order valence-electron chi connectivity index (χ4n) is 2.36. The van der Waals surface area contributed by atoms with Gasteiger partial charge in [-0.25, -0.2) is 0 Å². The van der Waals surface area contributed by atoms with Crippen molar-refractivity contribution in [2.24, 2.45) is 0 Å². The molecule has 1 aromatic rings. The van der Waals surface area contributed by atoms with Gasteiger partial charge in [0.2, 0.25) is 0 Å². The third-order valence-electron chi connectivity index (χ3n) is 3.15. The van der Waals surface area contributed by atoms with Crippen molar-refractivity contribution < 1.29 is 9.53 Å². The van der Waals surface area contributed by atoms with Crippen molar-refractivity contribution in [2.45, 2.75) is 12.8 Å². The van der Waals surface area contributed by atoms with Crippen molar-refractivity contribution in [1.29, 1.82) is 0 Å². The molecule has 1 aliphatic carbocycles. The first-order chi connectivity index (χ1) is 7.36. The van der Waals surface area contributed by atoms with Crippen LogP contribution in [-0.4, -0.2) is 19.0 Å². The van der Waals surface area contributed by atoms with Gasteiger partial charge in [-0.2, -0.15) is 0 Å². The number of Topliss-reactive ketones (excluding diaryl/α,β-unsaturated/α-hetero) is 1. The van der Waals surface area contributed by atoms with Crippen molar-refractivity contribution in [3.05, 3.63) is 41.0 Å². The first kappa shape index (κ1) is 8.86. The number of carbonyl (C=O) groups is 1. The molecule has 0 spiro atoms. The number of ether oxygens (including phenoxy) is 1. The van der Waals surface area contributed by atoms with Gasteiger partial charge in [0.25, 0.3) is 0 Å². The molecule has 76 valence electrons. The van der Waals surface area contributed by atoms with E-state index in [1.165, 1.54) is 11.1 Å². The molecular weight excluding hydrogens is 188 g/mol. The van der Waals surface area contributed by atoms with E-state index in [2.05, 4.69) is 0 Å². The van der Waals surface area contributed by atoms with Crippen LogP contribution in [0.4, 0.5) is 0 Å². The summed E-state index contributed by atoms with van der Waals surface area (Å²) in [6.45, 7) is 1.42. The highest BCUT2D eigenvalue weighted by atomic mass is 16.5. The summed E-state index contributed by atoms with van der Waals surface area (Å²) in [5.74, 6) is 0.256. The van der Waals surface area contributed by atoms with Crippen LogP contribution in [0.25, 0.3) is 5.57 Å². The number of rotatable bonds is 0. The predicted octanol–water partition coefficient (Wildman–Crippen LogP) is 2.45. The van der Waals surface area contributed by atoms with Crippen LogP contribution in [0.15, 0.2) is 29.8 Å². The molecule has 0 bridgehead atoms. The summed E-state index contributed by atoms with van der Waals surface area (Å²) < 4.78 is 5.46. The molecule has 0 amide bonds. The Morgan fingerprint density at radius 3 is 2.80 bits per heavy atom. The van der Waals surface area contributed by atoms with Gasteiger partial charge in [0, 0.05) is 12.0 Å². The summed E-state index contributed by atoms with van der Waals surface area (Å²) in [4.78, 5) is 11.9. The predicted molar refractivity (Wildman–Crippen MR) is 57.7 cm³/mol. The highest BCUT2D eigenvalue weighted by Crippen LogP contribution is 2.34. The lowest BCUT2D eigenvalue weighted by atomic mass is 9.83. The summed E-state index contributed by atoms with van der Waals surface area (Å²) in [6.07, 6.45) is 1.51. The molecule has 0 saturated carbocycles. The fraction of sp³-hybridized carbons (Fsp3) is 0.308. The zero-order chi connectivity index (χ0) is 10.3. The number of hydrogen-bond acceptors (Lipinski definition) is 2. The van der Waals surface area contributed by atoms with Gasteiger partial charge in [0.15, 0.2) is 5.78 Å². The zero-order valence-electron chi connectivity index (χ0n) is 8.45. The van der Waals surface area contributed by atoms with Crippen LogP contribution in [0, 0.1) is 0 Å². The average molecular weight is 200 g/mol. The van der Waals surface area contributed by atoms with E-state index in [0.29, 0.717) is 13.0 Å². The highest BCUT2D eigenvalue weighted by Gasteiger charge is 2.26. The maximum atomic E-state index is 11.9. The lowest BCUT2D eigenvalue weighted by Gasteiger charge is -2.26. The first-order valence-electron chi connectivity index (χ1n) is 5.27. The van der Waals surface area contributed by atoms with E-state index >= 15 is 0 Å². The largest absolute Gasteiger partial charge is 0.376 e. The quantitative estimate of drug-likeness (QED) is 0.643. The molecule has 1 heterocycles. The monoisotopic (exact) mass is 200 g/mol. The van der Waals surface area contributed by atoms with Crippen LogP contribution >= 0.6 is 0 Å². The van der Waals surface area contributed by atoms with Gasteiger partial charge >= 0.3 is 0 Å². The van der Waals surface area contributed by atoms with Gasteiger partial charge in [0.1, 0.15) is 0 Å². The molecule has 0 saturated heterocycles. The van der Waals surface area contributed by atoms with Crippen LogP contribution in [0.3, 0.4) is 0 Å². The molecule has 2 aliphatic rings. The van der Waals surface area contributed by atoms with Crippen LogP contribution in [-0.2, 0) is 4.74 Å². The molecule has 1 aliphatic heterocycles. The highest BCUT2D eigenvalue weighted by molar-refractivity contribution is 6.06. The number of carbonyl (C=O) groups excluding carboxylic acids is 1. The third kappa shape index (κ3) is 1.33. The molecule has 0 radical (unpaired) electrons. The summed E-state index contributed by atoms with van der Waals surface area (Å²) in [7, 11) is 0. The summed E-state index contributed by atoms with van der Waals surface area (Å²) in [6, 6.07) is 7.84. The van der Waals surface area contributed by atoms with Crippen molar-refractivity contribution in [2.75, 3.05) is 13.2 Å². The minimum absolute atomic E-state index is 0.256. The van der Waals surface area contributed by atoms with E-state index in [4.69, 9.17) is 4.74 Å². The maximum Gasteiger partial charge on any atom is 0.167 e. The molecule has 2 nitrogen and oxygen atoms in total. The Bertz CT molecular complexity index is 457. The molecule has 0 aromatic heterocycles. The van der Waals surface area contributed by atoms with Gasteiger partial charge in [-0.3, -0.25) is 4.79 Å². The van der Waals surface area contributed by atoms with Crippen molar-refractivity contribution >= 4 is 11.4 Å². The molecule has 0 unspecified atom stereocenters. The normalized spacial score (nSPS) is 19.9. The Balaban J connectivity index is 2.20. The molecule has 1 aromatic carbocycles. The van der Waals surface area contributed by atoms with E-state index in [1.54, 1.807) is 0 Å². The zero-order valence-corrected chi connectivity index (χ0v) is 8.45. The smallest absolute Gasteiger partial charge is 0.167 e. The molecule has 0 fully saturated rings. The minimum Gasteiger partial charge on any atom is -0.376 e. The number of benzene rings is 1. The van der Waals surface area contributed by atoms with E-state index in [0.717, 1.165) is 24.2 Å². The molecule has 0 atom stereocenters. The van der Waals surface area contributed by atoms with Gasteiger partial charge in [-0.1, -0.05) is 29.8 Å².